The van der Waals surface area contributed by atoms with Crippen LogP contribution in [0.2, 0.25) is 0 Å². The Morgan fingerprint density at radius 1 is 1.53 bits per heavy atom. The van der Waals surface area contributed by atoms with E-state index < -0.39 is 0 Å². The van der Waals surface area contributed by atoms with Crippen LogP contribution in [0.25, 0.3) is 0 Å². The number of rotatable bonds is 5. The predicted molar refractivity (Wildman–Crippen MR) is 68.4 cm³/mol. The quantitative estimate of drug-likeness (QED) is 0.851. The number of hydrogen-bond acceptors (Lipinski definition) is 3. The molecule has 0 saturated carbocycles. The molecule has 1 aromatic rings. The van der Waals surface area contributed by atoms with Gasteiger partial charge in [-0.25, -0.2) is 0 Å². The van der Waals surface area contributed by atoms with Crippen LogP contribution < -0.4 is 10.5 Å². The Kier molecular flexibility index (Phi) is 4.40. The Hall–Kier alpha value is -1.06. The highest BCUT2D eigenvalue weighted by Gasteiger charge is 2.17. The van der Waals surface area contributed by atoms with Crippen LogP contribution >= 0.6 is 0 Å². The fraction of sp³-hybridized carbons (Fsp3) is 0.571. The second-order valence-electron chi connectivity index (χ2n) is 4.65. The molecule has 1 fully saturated rings. The lowest BCUT2D eigenvalue weighted by atomic mass is 9.98. The fourth-order valence-electron chi connectivity index (χ4n) is 2.11. The van der Waals surface area contributed by atoms with Gasteiger partial charge in [0.2, 0.25) is 0 Å². The van der Waals surface area contributed by atoms with Crippen molar-refractivity contribution in [1.82, 2.24) is 0 Å². The van der Waals surface area contributed by atoms with Crippen LogP contribution in [0.5, 0.6) is 5.75 Å². The average Bonchev–Trinajstić information content (AvgIpc) is 2.82. The molecular weight excluding hydrogens is 214 g/mol. The van der Waals surface area contributed by atoms with Crippen molar-refractivity contribution in [3.05, 3.63) is 29.8 Å². The van der Waals surface area contributed by atoms with Gasteiger partial charge < -0.3 is 15.2 Å². The molecule has 3 nitrogen and oxygen atoms in total. The molecule has 1 aromatic carbocycles. The Morgan fingerprint density at radius 2 is 2.41 bits per heavy atom. The number of benzene rings is 1. The molecular formula is C14H21NO2. The topological polar surface area (TPSA) is 44.5 Å². The first kappa shape index (κ1) is 12.4. The molecule has 2 N–H and O–H groups in total. The van der Waals surface area contributed by atoms with Gasteiger partial charge in [0, 0.05) is 6.42 Å². The summed E-state index contributed by atoms with van der Waals surface area (Å²) in [6, 6.07) is 8.32. The van der Waals surface area contributed by atoms with Gasteiger partial charge in [-0.2, -0.15) is 0 Å². The third kappa shape index (κ3) is 3.45. The second kappa shape index (κ2) is 6.03. The summed E-state index contributed by atoms with van der Waals surface area (Å²) in [6.07, 6.45) is 2.22. The van der Waals surface area contributed by atoms with Crippen molar-refractivity contribution in [1.29, 1.82) is 0 Å². The Morgan fingerprint density at radius 3 is 3.12 bits per heavy atom. The van der Waals surface area contributed by atoms with Crippen molar-refractivity contribution >= 4 is 0 Å². The second-order valence-corrected chi connectivity index (χ2v) is 4.65. The van der Waals surface area contributed by atoms with Gasteiger partial charge in [0.15, 0.2) is 0 Å². The van der Waals surface area contributed by atoms with Gasteiger partial charge in [0.05, 0.1) is 13.2 Å². The lowest BCUT2D eigenvalue weighted by Gasteiger charge is -2.15. The normalized spacial score (nSPS) is 21.4. The van der Waals surface area contributed by atoms with Crippen LogP contribution in [-0.2, 0) is 4.74 Å². The maximum atomic E-state index is 5.89. The van der Waals surface area contributed by atoms with Crippen molar-refractivity contribution < 1.29 is 9.47 Å². The highest BCUT2D eigenvalue weighted by molar-refractivity contribution is 5.30. The minimum Gasteiger partial charge on any atom is -0.488 e. The molecule has 2 rings (SSSR count). The van der Waals surface area contributed by atoms with E-state index in [-0.39, 0.29) is 6.10 Å². The molecule has 1 saturated heterocycles. The zero-order valence-corrected chi connectivity index (χ0v) is 10.4. The molecule has 0 amide bonds. The maximum absolute atomic E-state index is 5.89. The molecule has 0 aliphatic carbocycles. The van der Waals surface area contributed by atoms with Crippen molar-refractivity contribution in [3.63, 3.8) is 0 Å². The van der Waals surface area contributed by atoms with E-state index in [1.54, 1.807) is 0 Å². The molecule has 2 atom stereocenters. The minimum atomic E-state index is 0.218. The molecule has 1 aliphatic rings. The smallest absolute Gasteiger partial charge is 0.124 e. The molecule has 0 aromatic heterocycles. The molecule has 1 aliphatic heterocycles. The molecule has 1 heterocycles. The molecule has 17 heavy (non-hydrogen) atoms. The van der Waals surface area contributed by atoms with E-state index in [9.17, 15) is 0 Å². The monoisotopic (exact) mass is 235 g/mol. The van der Waals surface area contributed by atoms with Crippen LogP contribution in [0.4, 0.5) is 0 Å². The number of nitrogens with two attached hydrogens (primary N) is 1. The first-order chi connectivity index (χ1) is 8.29. The van der Waals surface area contributed by atoms with E-state index in [1.807, 2.05) is 12.1 Å². The van der Waals surface area contributed by atoms with Crippen LogP contribution in [0.3, 0.4) is 0 Å². The summed E-state index contributed by atoms with van der Waals surface area (Å²) < 4.78 is 11.2. The van der Waals surface area contributed by atoms with Crippen molar-refractivity contribution in [2.45, 2.75) is 31.8 Å². The van der Waals surface area contributed by atoms with E-state index in [1.165, 1.54) is 5.56 Å². The van der Waals surface area contributed by atoms with Gasteiger partial charge in [-0.3, -0.25) is 0 Å². The average molecular weight is 235 g/mol. The summed E-state index contributed by atoms with van der Waals surface area (Å²) in [6.45, 7) is 4.45. The third-order valence-corrected chi connectivity index (χ3v) is 3.22. The molecule has 3 heteroatoms. The molecule has 0 spiro atoms. The van der Waals surface area contributed by atoms with Crippen molar-refractivity contribution in [2.24, 2.45) is 5.73 Å². The van der Waals surface area contributed by atoms with Crippen LogP contribution in [-0.4, -0.2) is 25.9 Å². The van der Waals surface area contributed by atoms with Crippen LogP contribution in [0.15, 0.2) is 24.3 Å². The minimum absolute atomic E-state index is 0.218. The van der Waals surface area contributed by atoms with E-state index >= 15 is 0 Å². The summed E-state index contributed by atoms with van der Waals surface area (Å²) in [7, 11) is 0. The first-order valence-corrected chi connectivity index (χ1v) is 6.34. The Labute approximate surface area is 103 Å². The third-order valence-electron chi connectivity index (χ3n) is 3.22. The summed E-state index contributed by atoms with van der Waals surface area (Å²) in [4.78, 5) is 0. The van der Waals surface area contributed by atoms with Gasteiger partial charge in [-0.15, -0.1) is 0 Å². The lowest BCUT2D eigenvalue weighted by Crippen LogP contribution is -2.15. The van der Waals surface area contributed by atoms with Crippen molar-refractivity contribution in [3.8, 4) is 5.75 Å². The summed E-state index contributed by atoms with van der Waals surface area (Å²) in [5, 5.41) is 0. The van der Waals surface area contributed by atoms with Crippen molar-refractivity contribution in [2.75, 3.05) is 19.8 Å². The molecule has 94 valence electrons. The van der Waals surface area contributed by atoms with E-state index in [2.05, 4.69) is 19.1 Å². The maximum Gasteiger partial charge on any atom is 0.124 e. The highest BCUT2D eigenvalue weighted by Crippen LogP contribution is 2.24. The fourth-order valence-corrected chi connectivity index (χ4v) is 2.11. The van der Waals surface area contributed by atoms with E-state index in [4.69, 9.17) is 15.2 Å². The Bertz CT molecular complexity index is 348. The summed E-state index contributed by atoms with van der Waals surface area (Å²) in [5.74, 6) is 1.44. The first-order valence-electron chi connectivity index (χ1n) is 6.34. The molecule has 2 unspecified atom stereocenters. The SMILES string of the molecule is CC(CCN)c1cccc(OC2CCOC2)c1. The zero-order valence-electron chi connectivity index (χ0n) is 10.4. The Balaban J connectivity index is 2.00. The van der Waals surface area contributed by atoms with Crippen LogP contribution in [0.1, 0.15) is 31.2 Å². The number of hydrogen-bond donors (Lipinski definition) is 1. The predicted octanol–water partition coefficient (Wildman–Crippen LogP) is 2.31. The standard InChI is InChI=1S/C14H21NO2/c1-11(5-7-15)12-3-2-4-13(9-12)17-14-6-8-16-10-14/h2-4,9,11,14H,5-8,10,15H2,1H3. The van der Waals surface area contributed by atoms with Gasteiger partial charge >= 0.3 is 0 Å². The number of ether oxygens (including phenoxy) is 2. The van der Waals surface area contributed by atoms with Gasteiger partial charge in [0.1, 0.15) is 11.9 Å². The summed E-state index contributed by atoms with van der Waals surface area (Å²) >= 11 is 0. The highest BCUT2D eigenvalue weighted by atomic mass is 16.5. The van der Waals surface area contributed by atoms with Crippen LogP contribution in [0, 0.1) is 0 Å². The van der Waals surface area contributed by atoms with Gasteiger partial charge in [-0.1, -0.05) is 19.1 Å². The van der Waals surface area contributed by atoms with E-state index in [0.717, 1.165) is 31.7 Å². The molecule has 0 bridgehead atoms. The van der Waals surface area contributed by atoms with Gasteiger partial charge in [-0.05, 0) is 36.6 Å². The zero-order chi connectivity index (χ0) is 12.1. The molecule has 0 radical (unpaired) electrons. The summed E-state index contributed by atoms with van der Waals surface area (Å²) in [5.41, 5.74) is 6.89. The largest absolute Gasteiger partial charge is 0.488 e. The lowest BCUT2D eigenvalue weighted by molar-refractivity contribution is 0.141. The van der Waals surface area contributed by atoms with Gasteiger partial charge in [0.25, 0.3) is 0 Å². The van der Waals surface area contributed by atoms with E-state index in [0.29, 0.717) is 12.5 Å².